The average Bonchev–Trinajstić information content (AvgIpc) is 3.02. The Hall–Kier alpha value is -2.12. The van der Waals surface area contributed by atoms with E-state index in [0.717, 1.165) is 5.82 Å². The van der Waals surface area contributed by atoms with E-state index >= 15 is 0 Å². The van der Waals surface area contributed by atoms with E-state index in [4.69, 9.17) is 5.11 Å². The molecule has 1 fully saturated rings. The fourth-order valence-electron chi connectivity index (χ4n) is 2.87. The van der Waals surface area contributed by atoms with Gasteiger partial charge in [0.1, 0.15) is 6.33 Å². The van der Waals surface area contributed by atoms with Crippen LogP contribution < -0.4 is 0 Å². The van der Waals surface area contributed by atoms with E-state index in [1.54, 1.807) is 16.1 Å². The van der Waals surface area contributed by atoms with Gasteiger partial charge in [-0.1, -0.05) is 6.92 Å². The van der Waals surface area contributed by atoms with Gasteiger partial charge in [0.25, 0.3) is 0 Å². The predicted molar refractivity (Wildman–Crippen MR) is 67.7 cm³/mol. The molecule has 3 rings (SSSR count). The minimum Gasteiger partial charge on any atom is -0.481 e. The van der Waals surface area contributed by atoms with Crippen LogP contribution in [-0.4, -0.2) is 61.3 Å². The van der Waals surface area contributed by atoms with Gasteiger partial charge in [0.05, 0.1) is 12.5 Å². The molecule has 0 aromatic carbocycles. The van der Waals surface area contributed by atoms with Crippen LogP contribution in [0.15, 0.2) is 6.33 Å². The zero-order valence-corrected chi connectivity index (χ0v) is 11.3. The molecule has 2 unspecified atom stereocenters. The Morgan fingerprint density at radius 1 is 1.30 bits per heavy atom. The summed E-state index contributed by atoms with van der Waals surface area (Å²) in [7, 11) is 0. The van der Waals surface area contributed by atoms with Gasteiger partial charge >= 0.3 is 12.0 Å². The van der Waals surface area contributed by atoms with E-state index in [9.17, 15) is 9.59 Å². The van der Waals surface area contributed by atoms with E-state index in [0.29, 0.717) is 32.7 Å². The van der Waals surface area contributed by atoms with Crippen molar-refractivity contribution < 1.29 is 14.7 Å². The van der Waals surface area contributed by atoms with Crippen molar-refractivity contribution in [3.05, 3.63) is 12.2 Å². The van der Waals surface area contributed by atoms with Crippen LogP contribution in [0.3, 0.4) is 0 Å². The third-order valence-corrected chi connectivity index (χ3v) is 4.11. The number of nitrogens with zero attached hydrogens (tertiary/aromatic N) is 5. The second-order valence-corrected chi connectivity index (χ2v) is 5.47. The Bertz CT molecular complexity index is 543. The number of carbonyl (C=O) groups is 2. The van der Waals surface area contributed by atoms with E-state index in [1.807, 2.05) is 11.5 Å². The van der Waals surface area contributed by atoms with Gasteiger partial charge in [0, 0.05) is 26.2 Å². The number of carboxylic acids is 1. The maximum Gasteiger partial charge on any atom is 0.320 e. The highest BCUT2D eigenvalue weighted by Gasteiger charge is 2.38. The molecule has 8 nitrogen and oxygen atoms in total. The van der Waals surface area contributed by atoms with Crippen molar-refractivity contribution in [3.8, 4) is 0 Å². The molecule has 20 heavy (non-hydrogen) atoms. The lowest BCUT2D eigenvalue weighted by Gasteiger charge is -2.31. The monoisotopic (exact) mass is 279 g/mol. The number of carbonyl (C=O) groups excluding carboxylic acids is 1. The van der Waals surface area contributed by atoms with E-state index in [-0.39, 0.29) is 11.9 Å². The molecule has 8 heteroatoms. The molecular formula is C12H17N5O3. The number of carboxylic acid groups (broad SMARTS) is 1. The third-order valence-electron chi connectivity index (χ3n) is 4.11. The molecular weight excluding hydrogens is 262 g/mol. The van der Waals surface area contributed by atoms with Gasteiger partial charge in [-0.25, -0.2) is 4.79 Å². The zero-order valence-electron chi connectivity index (χ0n) is 11.3. The number of aliphatic carboxylic acids is 1. The first kappa shape index (κ1) is 12.9. The normalized spacial score (nSPS) is 25.6. The first-order valence-corrected chi connectivity index (χ1v) is 6.69. The molecule has 108 valence electrons. The predicted octanol–water partition coefficient (Wildman–Crippen LogP) is -0.134. The van der Waals surface area contributed by atoms with Gasteiger partial charge in [0.2, 0.25) is 0 Å². The Labute approximate surface area is 116 Å². The van der Waals surface area contributed by atoms with Crippen LogP contribution >= 0.6 is 0 Å². The highest BCUT2D eigenvalue weighted by atomic mass is 16.4. The van der Waals surface area contributed by atoms with Crippen molar-refractivity contribution >= 4 is 12.0 Å². The Kier molecular flexibility index (Phi) is 3.07. The first-order valence-electron chi connectivity index (χ1n) is 6.69. The summed E-state index contributed by atoms with van der Waals surface area (Å²) in [6.07, 6.45) is 1.66. The van der Waals surface area contributed by atoms with E-state index < -0.39 is 11.9 Å². The molecule has 0 saturated carbocycles. The summed E-state index contributed by atoms with van der Waals surface area (Å²) in [4.78, 5) is 26.9. The van der Waals surface area contributed by atoms with Gasteiger partial charge in [-0.3, -0.25) is 4.79 Å². The fraction of sp³-hybridized carbons (Fsp3) is 0.667. The molecule has 0 spiro atoms. The van der Waals surface area contributed by atoms with Crippen molar-refractivity contribution in [1.29, 1.82) is 0 Å². The minimum absolute atomic E-state index is 0.00936. The summed E-state index contributed by atoms with van der Waals surface area (Å²) >= 11 is 0. The van der Waals surface area contributed by atoms with Crippen LogP contribution in [0.25, 0.3) is 0 Å². The van der Waals surface area contributed by atoms with E-state index in [2.05, 4.69) is 10.2 Å². The van der Waals surface area contributed by atoms with Crippen molar-refractivity contribution in [3.63, 3.8) is 0 Å². The topological polar surface area (TPSA) is 91.6 Å². The maximum atomic E-state index is 12.4. The lowest BCUT2D eigenvalue weighted by molar-refractivity contribution is -0.142. The number of likely N-dealkylation sites (tertiary alicyclic amines) is 1. The quantitative estimate of drug-likeness (QED) is 0.773. The average molecular weight is 279 g/mol. The van der Waals surface area contributed by atoms with Crippen molar-refractivity contribution in [2.75, 3.05) is 19.6 Å². The highest BCUT2D eigenvalue weighted by molar-refractivity contribution is 5.77. The number of hydrogen-bond donors (Lipinski definition) is 1. The molecule has 2 atom stereocenters. The number of urea groups is 1. The molecule has 1 N–H and O–H groups in total. The summed E-state index contributed by atoms with van der Waals surface area (Å²) in [5, 5.41) is 16.9. The summed E-state index contributed by atoms with van der Waals surface area (Å²) in [6, 6.07) is -0.102. The third kappa shape index (κ3) is 2.10. The number of rotatable bonds is 1. The number of amides is 2. The smallest absolute Gasteiger partial charge is 0.320 e. The van der Waals surface area contributed by atoms with Crippen LogP contribution in [-0.2, 0) is 17.9 Å². The van der Waals surface area contributed by atoms with Gasteiger partial charge in [0.15, 0.2) is 5.82 Å². The van der Waals surface area contributed by atoms with Gasteiger partial charge in [-0.05, 0) is 5.92 Å². The van der Waals surface area contributed by atoms with Crippen LogP contribution in [0.2, 0.25) is 0 Å². The Morgan fingerprint density at radius 3 is 2.80 bits per heavy atom. The molecule has 0 radical (unpaired) electrons. The molecule has 2 amide bonds. The first-order chi connectivity index (χ1) is 9.56. The number of fused-ring (bicyclic) bond motifs is 1. The second-order valence-electron chi connectivity index (χ2n) is 5.47. The van der Waals surface area contributed by atoms with Crippen LogP contribution in [0.5, 0.6) is 0 Å². The lowest BCUT2D eigenvalue weighted by atomic mass is 9.99. The van der Waals surface area contributed by atoms with E-state index in [1.165, 1.54) is 0 Å². The summed E-state index contributed by atoms with van der Waals surface area (Å²) in [5.74, 6) is -0.532. The van der Waals surface area contributed by atoms with Crippen molar-refractivity contribution in [1.82, 2.24) is 24.6 Å². The fourth-order valence-corrected chi connectivity index (χ4v) is 2.87. The summed E-state index contributed by atoms with van der Waals surface area (Å²) in [6.45, 7) is 4.38. The summed E-state index contributed by atoms with van der Waals surface area (Å²) in [5.41, 5.74) is 0. The molecule has 1 aromatic rings. The molecule has 0 aliphatic carbocycles. The van der Waals surface area contributed by atoms with Gasteiger partial charge in [-0.15, -0.1) is 10.2 Å². The number of hydrogen-bond acceptors (Lipinski definition) is 4. The summed E-state index contributed by atoms with van der Waals surface area (Å²) < 4.78 is 1.93. The number of aromatic nitrogens is 3. The van der Waals surface area contributed by atoms with Crippen LogP contribution in [0, 0.1) is 11.8 Å². The highest BCUT2D eigenvalue weighted by Crippen LogP contribution is 2.25. The molecule has 3 heterocycles. The molecule has 2 aliphatic heterocycles. The molecule has 1 aromatic heterocycles. The SMILES string of the molecule is CC1CN(C(=O)N2CCn3cnnc3C2)CC1C(=O)O. The Balaban J connectivity index is 1.67. The van der Waals surface area contributed by atoms with Crippen molar-refractivity contribution in [2.24, 2.45) is 11.8 Å². The molecule has 0 bridgehead atoms. The van der Waals surface area contributed by atoms with Crippen LogP contribution in [0.4, 0.5) is 4.79 Å². The zero-order chi connectivity index (χ0) is 14.3. The lowest BCUT2D eigenvalue weighted by Crippen LogP contribution is -2.45. The molecule has 2 aliphatic rings. The maximum absolute atomic E-state index is 12.4. The van der Waals surface area contributed by atoms with Crippen LogP contribution in [0.1, 0.15) is 12.7 Å². The minimum atomic E-state index is -0.828. The molecule has 1 saturated heterocycles. The standard InChI is InChI=1S/C12H17N5O3/c1-8-4-17(5-9(8)11(18)19)12(20)15-2-3-16-7-13-14-10(16)6-15/h7-9H,2-6H2,1H3,(H,18,19). The van der Waals surface area contributed by atoms with Crippen molar-refractivity contribution in [2.45, 2.75) is 20.0 Å². The second kappa shape index (κ2) is 4.77. The largest absolute Gasteiger partial charge is 0.481 e. The Morgan fingerprint density at radius 2 is 2.10 bits per heavy atom. The van der Waals surface area contributed by atoms with Gasteiger partial charge < -0.3 is 19.5 Å². The van der Waals surface area contributed by atoms with Gasteiger partial charge in [-0.2, -0.15) is 0 Å².